The fourth-order valence-electron chi connectivity index (χ4n) is 1.45. The largest absolute Gasteiger partial charge is 0.370 e. The van der Waals surface area contributed by atoms with Crippen molar-refractivity contribution in [1.29, 1.82) is 0 Å². The minimum Gasteiger partial charge on any atom is -0.370 e. The van der Waals surface area contributed by atoms with E-state index >= 15 is 0 Å². The van der Waals surface area contributed by atoms with Crippen LogP contribution in [0.4, 0.5) is 17.5 Å². The van der Waals surface area contributed by atoms with E-state index in [-0.39, 0.29) is 0 Å². The van der Waals surface area contributed by atoms with E-state index in [9.17, 15) is 0 Å². The molecule has 0 saturated heterocycles. The first kappa shape index (κ1) is 13.2. The molecule has 1 unspecified atom stereocenters. The number of pyridine rings is 1. The van der Waals surface area contributed by atoms with Gasteiger partial charge < -0.3 is 16.4 Å². The molecule has 0 aliphatic carbocycles. The van der Waals surface area contributed by atoms with Gasteiger partial charge in [-0.2, -0.15) is 0 Å². The van der Waals surface area contributed by atoms with Crippen molar-refractivity contribution in [3.8, 4) is 0 Å². The van der Waals surface area contributed by atoms with E-state index < -0.39 is 0 Å². The molecule has 0 amide bonds. The molecule has 2 aromatic rings. The number of rotatable bonds is 6. The Hall–Kier alpha value is -2.21. The molecular formula is C13H18N6. The molecule has 0 radical (unpaired) electrons. The third-order valence-electron chi connectivity index (χ3n) is 2.62. The number of aromatic nitrogens is 3. The van der Waals surface area contributed by atoms with E-state index in [1.807, 2.05) is 24.3 Å². The predicted octanol–water partition coefficient (Wildman–Crippen LogP) is 1.62. The fraction of sp³-hybridized carbons (Fsp3) is 0.308. The summed E-state index contributed by atoms with van der Waals surface area (Å²) in [6, 6.07) is 7.51. The average Bonchev–Trinajstić information content (AvgIpc) is 2.46. The Kier molecular flexibility index (Phi) is 4.63. The number of nitrogens with one attached hydrogen (secondary N) is 2. The van der Waals surface area contributed by atoms with Gasteiger partial charge in [0.25, 0.3) is 0 Å². The van der Waals surface area contributed by atoms with Crippen LogP contribution in [-0.2, 0) is 0 Å². The van der Waals surface area contributed by atoms with Crippen LogP contribution < -0.4 is 16.4 Å². The molecular weight excluding hydrogens is 240 g/mol. The van der Waals surface area contributed by atoms with Crippen molar-refractivity contribution in [2.75, 3.05) is 23.7 Å². The standard InChI is InChI=1S/C13H18N6/c1-10(7-14)8-16-12-6-13(18-9-17-12)19-11-4-2-3-5-15-11/h2-6,9-10H,7-8,14H2,1H3,(H2,15,16,17,18,19). The fourth-order valence-corrected chi connectivity index (χ4v) is 1.45. The van der Waals surface area contributed by atoms with E-state index in [0.717, 1.165) is 18.2 Å². The minimum atomic E-state index is 0.405. The zero-order chi connectivity index (χ0) is 13.5. The molecule has 0 saturated carbocycles. The van der Waals surface area contributed by atoms with E-state index in [2.05, 4.69) is 32.5 Å². The van der Waals surface area contributed by atoms with E-state index in [1.165, 1.54) is 6.33 Å². The summed E-state index contributed by atoms with van der Waals surface area (Å²) in [5, 5.41) is 6.35. The normalized spacial score (nSPS) is 11.9. The van der Waals surface area contributed by atoms with Gasteiger partial charge in [-0.05, 0) is 24.6 Å². The molecule has 2 heterocycles. The summed E-state index contributed by atoms with van der Waals surface area (Å²) in [7, 11) is 0. The van der Waals surface area contributed by atoms with Crippen LogP contribution in [0.25, 0.3) is 0 Å². The van der Waals surface area contributed by atoms with Crippen LogP contribution in [0.15, 0.2) is 36.8 Å². The van der Waals surface area contributed by atoms with Crippen molar-refractivity contribution in [2.24, 2.45) is 11.7 Å². The summed E-state index contributed by atoms with van der Waals surface area (Å²) in [6.45, 7) is 3.52. The summed E-state index contributed by atoms with van der Waals surface area (Å²) >= 11 is 0. The van der Waals surface area contributed by atoms with Crippen LogP contribution in [0.1, 0.15) is 6.92 Å². The van der Waals surface area contributed by atoms with Crippen molar-refractivity contribution < 1.29 is 0 Å². The molecule has 1 atom stereocenters. The van der Waals surface area contributed by atoms with Gasteiger partial charge in [0, 0.05) is 18.8 Å². The molecule has 0 aliphatic heterocycles. The van der Waals surface area contributed by atoms with Gasteiger partial charge in [-0.25, -0.2) is 15.0 Å². The van der Waals surface area contributed by atoms with Gasteiger partial charge in [0.2, 0.25) is 0 Å². The van der Waals surface area contributed by atoms with Crippen LogP contribution in [-0.4, -0.2) is 28.0 Å². The monoisotopic (exact) mass is 258 g/mol. The molecule has 100 valence electrons. The highest BCUT2D eigenvalue weighted by molar-refractivity contribution is 5.55. The van der Waals surface area contributed by atoms with E-state index in [4.69, 9.17) is 5.73 Å². The van der Waals surface area contributed by atoms with Gasteiger partial charge in [-0.3, -0.25) is 0 Å². The Balaban J connectivity index is 1.99. The number of anilines is 3. The van der Waals surface area contributed by atoms with E-state index in [1.54, 1.807) is 6.20 Å². The van der Waals surface area contributed by atoms with Gasteiger partial charge in [-0.1, -0.05) is 13.0 Å². The van der Waals surface area contributed by atoms with Crippen molar-refractivity contribution in [3.05, 3.63) is 36.8 Å². The maximum atomic E-state index is 5.57. The average molecular weight is 258 g/mol. The van der Waals surface area contributed by atoms with Crippen LogP contribution in [0.3, 0.4) is 0 Å². The second kappa shape index (κ2) is 6.65. The Morgan fingerprint density at radius 1 is 1.16 bits per heavy atom. The minimum absolute atomic E-state index is 0.405. The third kappa shape index (κ3) is 4.18. The first-order valence-electron chi connectivity index (χ1n) is 6.22. The first-order valence-corrected chi connectivity index (χ1v) is 6.22. The van der Waals surface area contributed by atoms with Crippen molar-refractivity contribution >= 4 is 17.5 Å². The summed E-state index contributed by atoms with van der Waals surface area (Å²) in [5.74, 6) is 2.63. The third-order valence-corrected chi connectivity index (χ3v) is 2.62. The smallest absolute Gasteiger partial charge is 0.137 e. The van der Waals surface area contributed by atoms with Gasteiger partial charge in [-0.15, -0.1) is 0 Å². The highest BCUT2D eigenvalue weighted by Gasteiger charge is 2.02. The second-order valence-electron chi connectivity index (χ2n) is 4.35. The molecule has 0 bridgehead atoms. The van der Waals surface area contributed by atoms with Crippen LogP contribution in [0.2, 0.25) is 0 Å². The van der Waals surface area contributed by atoms with Gasteiger partial charge >= 0.3 is 0 Å². The first-order chi connectivity index (χ1) is 9.28. The van der Waals surface area contributed by atoms with Crippen LogP contribution in [0.5, 0.6) is 0 Å². The molecule has 2 aromatic heterocycles. The lowest BCUT2D eigenvalue weighted by Crippen LogP contribution is -2.20. The Bertz CT molecular complexity index is 501. The maximum Gasteiger partial charge on any atom is 0.137 e. The van der Waals surface area contributed by atoms with Crippen LogP contribution in [0, 0.1) is 5.92 Å². The molecule has 2 rings (SSSR count). The molecule has 0 fully saturated rings. The summed E-state index contributed by atoms with van der Waals surface area (Å²) in [6.07, 6.45) is 3.24. The molecule has 6 nitrogen and oxygen atoms in total. The molecule has 6 heteroatoms. The van der Waals surface area contributed by atoms with Gasteiger partial charge in [0.05, 0.1) is 0 Å². The second-order valence-corrected chi connectivity index (χ2v) is 4.35. The molecule has 0 spiro atoms. The molecule has 4 N–H and O–H groups in total. The Morgan fingerprint density at radius 3 is 2.74 bits per heavy atom. The predicted molar refractivity (Wildman–Crippen MR) is 76.3 cm³/mol. The lowest BCUT2D eigenvalue weighted by atomic mass is 10.2. The van der Waals surface area contributed by atoms with Crippen molar-refractivity contribution in [1.82, 2.24) is 15.0 Å². The van der Waals surface area contributed by atoms with Crippen molar-refractivity contribution in [3.63, 3.8) is 0 Å². The number of nitrogens with two attached hydrogens (primary N) is 1. The van der Waals surface area contributed by atoms with Gasteiger partial charge in [0.1, 0.15) is 23.8 Å². The summed E-state index contributed by atoms with van der Waals surface area (Å²) < 4.78 is 0. The zero-order valence-electron chi connectivity index (χ0n) is 10.9. The molecule has 0 aromatic carbocycles. The lowest BCUT2D eigenvalue weighted by Gasteiger charge is -2.11. The summed E-state index contributed by atoms with van der Waals surface area (Å²) in [5.41, 5.74) is 5.57. The lowest BCUT2D eigenvalue weighted by molar-refractivity contribution is 0.627. The zero-order valence-corrected chi connectivity index (χ0v) is 10.9. The SMILES string of the molecule is CC(CN)CNc1cc(Nc2ccccn2)ncn1. The molecule has 19 heavy (non-hydrogen) atoms. The quantitative estimate of drug-likeness (QED) is 0.729. The maximum absolute atomic E-state index is 5.57. The van der Waals surface area contributed by atoms with Crippen LogP contribution >= 0.6 is 0 Å². The van der Waals surface area contributed by atoms with E-state index in [0.29, 0.717) is 18.3 Å². The highest BCUT2D eigenvalue weighted by Crippen LogP contribution is 2.13. The highest BCUT2D eigenvalue weighted by atomic mass is 15.1. The number of hydrogen-bond donors (Lipinski definition) is 3. The molecule has 0 aliphatic rings. The number of hydrogen-bond acceptors (Lipinski definition) is 6. The number of nitrogens with zero attached hydrogens (tertiary/aromatic N) is 3. The topological polar surface area (TPSA) is 88.8 Å². The summed E-state index contributed by atoms with van der Waals surface area (Å²) in [4.78, 5) is 12.5. The Morgan fingerprint density at radius 2 is 2.00 bits per heavy atom. The Labute approximate surface area is 112 Å². The van der Waals surface area contributed by atoms with Gasteiger partial charge in [0.15, 0.2) is 0 Å². The van der Waals surface area contributed by atoms with Crippen molar-refractivity contribution in [2.45, 2.75) is 6.92 Å².